The van der Waals surface area contributed by atoms with Gasteiger partial charge in [-0.2, -0.15) is 0 Å². The standard InChI is InChI=1S/C19H23FN2O/c20-19-6-3-15(7-8-21)13-18(19)17-4-1-16(2-5-17)14-22-9-11-23-12-10-22/h1-6,13H,7-12,14,21H2. The molecule has 3 rings (SSSR count). The highest BCUT2D eigenvalue weighted by Crippen LogP contribution is 2.25. The summed E-state index contributed by atoms with van der Waals surface area (Å²) in [5.74, 6) is -0.188. The lowest BCUT2D eigenvalue weighted by molar-refractivity contribution is 0.0342. The maximum absolute atomic E-state index is 14.1. The third-order valence-corrected chi connectivity index (χ3v) is 4.24. The molecule has 4 heteroatoms. The zero-order chi connectivity index (χ0) is 16.1. The van der Waals surface area contributed by atoms with Gasteiger partial charge in [-0.15, -0.1) is 0 Å². The largest absolute Gasteiger partial charge is 0.379 e. The minimum absolute atomic E-state index is 0.188. The summed E-state index contributed by atoms with van der Waals surface area (Å²) >= 11 is 0. The Hall–Kier alpha value is -1.75. The first kappa shape index (κ1) is 16.1. The Morgan fingerprint density at radius 2 is 1.70 bits per heavy atom. The molecule has 0 radical (unpaired) electrons. The highest BCUT2D eigenvalue weighted by atomic mass is 19.1. The van der Waals surface area contributed by atoms with Crippen molar-refractivity contribution in [1.29, 1.82) is 0 Å². The number of hydrogen-bond acceptors (Lipinski definition) is 3. The van der Waals surface area contributed by atoms with Gasteiger partial charge in [0.1, 0.15) is 5.82 Å². The molecule has 0 aliphatic carbocycles. The van der Waals surface area contributed by atoms with Crippen LogP contribution in [0.5, 0.6) is 0 Å². The van der Waals surface area contributed by atoms with E-state index in [9.17, 15) is 4.39 Å². The van der Waals surface area contributed by atoms with Gasteiger partial charge in [0.2, 0.25) is 0 Å². The first-order valence-electron chi connectivity index (χ1n) is 8.14. The Bertz CT molecular complexity index is 636. The Morgan fingerprint density at radius 3 is 2.39 bits per heavy atom. The predicted molar refractivity (Wildman–Crippen MR) is 90.7 cm³/mol. The number of benzene rings is 2. The van der Waals surface area contributed by atoms with Crippen LogP contribution in [-0.4, -0.2) is 37.7 Å². The van der Waals surface area contributed by atoms with Crippen LogP contribution in [0.25, 0.3) is 11.1 Å². The van der Waals surface area contributed by atoms with Crippen LogP contribution in [0.4, 0.5) is 4.39 Å². The molecule has 3 nitrogen and oxygen atoms in total. The fraction of sp³-hybridized carbons (Fsp3) is 0.368. The molecule has 23 heavy (non-hydrogen) atoms. The number of morpholine rings is 1. The zero-order valence-corrected chi connectivity index (χ0v) is 13.3. The number of halogens is 1. The summed E-state index contributed by atoms with van der Waals surface area (Å²) in [6.45, 7) is 5.03. The second kappa shape index (κ2) is 7.68. The molecule has 0 aromatic heterocycles. The van der Waals surface area contributed by atoms with Crippen LogP contribution in [0.2, 0.25) is 0 Å². The number of hydrogen-bond donors (Lipinski definition) is 1. The van der Waals surface area contributed by atoms with Crippen molar-refractivity contribution in [2.75, 3.05) is 32.8 Å². The summed E-state index contributed by atoms with van der Waals surface area (Å²) in [7, 11) is 0. The lowest BCUT2D eigenvalue weighted by Crippen LogP contribution is -2.35. The van der Waals surface area contributed by atoms with Crippen molar-refractivity contribution in [3.63, 3.8) is 0 Å². The lowest BCUT2D eigenvalue weighted by Gasteiger charge is -2.26. The molecule has 0 saturated carbocycles. The van der Waals surface area contributed by atoms with Gasteiger partial charge in [0.15, 0.2) is 0 Å². The summed E-state index contributed by atoms with van der Waals surface area (Å²) in [6, 6.07) is 13.4. The summed E-state index contributed by atoms with van der Waals surface area (Å²) in [5, 5.41) is 0. The smallest absolute Gasteiger partial charge is 0.131 e. The molecule has 2 aromatic rings. The number of nitrogens with two attached hydrogens (primary N) is 1. The minimum Gasteiger partial charge on any atom is -0.379 e. The second-order valence-electron chi connectivity index (χ2n) is 5.94. The van der Waals surface area contributed by atoms with Gasteiger partial charge in [0, 0.05) is 25.2 Å². The lowest BCUT2D eigenvalue weighted by atomic mass is 10.00. The average molecular weight is 314 g/mol. The maximum Gasteiger partial charge on any atom is 0.131 e. The third-order valence-electron chi connectivity index (χ3n) is 4.24. The van der Waals surface area contributed by atoms with E-state index in [0.29, 0.717) is 12.1 Å². The topological polar surface area (TPSA) is 38.5 Å². The molecular formula is C19H23FN2O. The highest BCUT2D eigenvalue weighted by Gasteiger charge is 2.11. The molecule has 1 heterocycles. The molecule has 1 saturated heterocycles. The highest BCUT2D eigenvalue weighted by molar-refractivity contribution is 5.65. The zero-order valence-electron chi connectivity index (χ0n) is 13.3. The van der Waals surface area contributed by atoms with Gasteiger partial charge in [-0.05, 0) is 41.8 Å². The number of rotatable bonds is 5. The van der Waals surface area contributed by atoms with E-state index < -0.39 is 0 Å². The molecule has 2 N–H and O–H groups in total. The molecular weight excluding hydrogens is 291 g/mol. The van der Waals surface area contributed by atoms with E-state index in [1.807, 2.05) is 18.2 Å². The van der Waals surface area contributed by atoms with Gasteiger partial charge in [0.05, 0.1) is 13.2 Å². The molecule has 0 unspecified atom stereocenters. The molecule has 0 bridgehead atoms. The monoisotopic (exact) mass is 314 g/mol. The van der Waals surface area contributed by atoms with Crippen molar-refractivity contribution < 1.29 is 9.13 Å². The van der Waals surface area contributed by atoms with Crippen LogP contribution >= 0.6 is 0 Å². The van der Waals surface area contributed by atoms with Crippen LogP contribution in [0.15, 0.2) is 42.5 Å². The number of ether oxygens (including phenoxy) is 1. The van der Waals surface area contributed by atoms with Crippen molar-refractivity contribution in [2.45, 2.75) is 13.0 Å². The Kier molecular flexibility index (Phi) is 5.39. The second-order valence-corrected chi connectivity index (χ2v) is 5.94. The van der Waals surface area contributed by atoms with E-state index in [1.165, 1.54) is 11.6 Å². The third kappa shape index (κ3) is 4.16. The van der Waals surface area contributed by atoms with Gasteiger partial charge in [-0.3, -0.25) is 4.90 Å². The fourth-order valence-corrected chi connectivity index (χ4v) is 2.92. The van der Waals surface area contributed by atoms with Gasteiger partial charge in [-0.1, -0.05) is 30.3 Å². The summed E-state index contributed by atoms with van der Waals surface area (Å²) in [6.07, 6.45) is 0.766. The fourth-order valence-electron chi connectivity index (χ4n) is 2.92. The summed E-state index contributed by atoms with van der Waals surface area (Å²) in [5.41, 5.74) is 9.46. The summed E-state index contributed by atoms with van der Waals surface area (Å²) in [4.78, 5) is 2.38. The molecule has 0 atom stereocenters. The minimum atomic E-state index is -0.188. The molecule has 1 fully saturated rings. The van der Waals surface area contributed by atoms with Crippen molar-refractivity contribution in [2.24, 2.45) is 5.73 Å². The van der Waals surface area contributed by atoms with E-state index in [-0.39, 0.29) is 5.82 Å². The van der Waals surface area contributed by atoms with Crippen molar-refractivity contribution >= 4 is 0 Å². The first-order valence-corrected chi connectivity index (χ1v) is 8.14. The molecule has 0 spiro atoms. The SMILES string of the molecule is NCCc1ccc(F)c(-c2ccc(CN3CCOCC3)cc2)c1. The van der Waals surface area contributed by atoms with E-state index in [0.717, 1.165) is 50.4 Å². The van der Waals surface area contributed by atoms with E-state index in [2.05, 4.69) is 17.0 Å². The van der Waals surface area contributed by atoms with E-state index >= 15 is 0 Å². The average Bonchev–Trinajstić information content (AvgIpc) is 2.59. The predicted octanol–water partition coefficient (Wildman–Crippen LogP) is 2.83. The molecule has 122 valence electrons. The molecule has 2 aromatic carbocycles. The summed E-state index contributed by atoms with van der Waals surface area (Å²) < 4.78 is 19.5. The van der Waals surface area contributed by atoms with E-state index in [4.69, 9.17) is 10.5 Å². The van der Waals surface area contributed by atoms with Crippen molar-refractivity contribution in [3.8, 4) is 11.1 Å². The van der Waals surface area contributed by atoms with E-state index in [1.54, 1.807) is 6.07 Å². The van der Waals surface area contributed by atoms with Crippen LogP contribution < -0.4 is 5.73 Å². The van der Waals surface area contributed by atoms with Gasteiger partial charge >= 0.3 is 0 Å². The van der Waals surface area contributed by atoms with Gasteiger partial charge in [-0.25, -0.2) is 4.39 Å². The van der Waals surface area contributed by atoms with Crippen molar-refractivity contribution in [3.05, 3.63) is 59.4 Å². The quantitative estimate of drug-likeness (QED) is 0.922. The first-order chi connectivity index (χ1) is 11.3. The maximum atomic E-state index is 14.1. The molecule has 0 amide bonds. The van der Waals surface area contributed by atoms with Crippen LogP contribution in [0, 0.1) is 5.82 Å². The Morgan fingerprint density at radius 1 is 1.00 bits per heavy atom. The van der Waals surface area contributed by atoms with Crippen LogP contribution in [0.3, 0.4) is 0 Å². The Labute approximate surface area is 136 Å². The van der Waals surface area contributed by atoms with Crippen molar-refractivity contribution in [1.82, 2.24) is 4.90 Å². The molecule has 1 aliphatic heterocycles. The van der Waals surface area contributed by atoms with Gasteiger partial charge in [0.25, 0.3) is 0 Å². The Balaban J connectivity index is 1.75. The van der Waals surface area contributed by atoms with Crippen LogP contribution in [0.1, 0.15) is 11.1 Å². The van der Waals surface area contributed by atoms with Gasteiger partial charge < -0.3 is 10.5 Å². The van der Waals surface area contributed by atoms with Crippen LogP contribution in [-0.2, 0) is 17.7 Å². The molecule has 1 aliphatic rings. The normalized spacial score (nSPS) is 15.7. The number of nitrogens with zero attached hydrogens (tertiary/aromatic N) is 1.